The Kier molecular flexibility index (Phi) is 5.03. The number of hydrogen-bond acceptors (Lipinski definition) is 3. The fourth-order valence-corrected chi connectivity index (χ4v) is 4.62. The molecule has 1 atom stereocenters. The second-order valence-corrected chi connectivity index (χ2v) is 8.80. The first-order chi connectivity index (χ1) is 14.3. The highest BCUT2D eigenvalue weighted by atomic mass is 32.2. The van der Waals surface area contributed by atoms with Crippen LogP contribution in [0.4, 0.5) is 20.2 Å². The number of sulfonamides is 1. The maximum absolute atomic E-state index is 13.4. The standard InChI is InChI=1S/C22H18F2N2O3S/c1-14-12-16-4-2-3-5-21(16)26(14)22(27)15-6-8-17(9-7-15)25-30(28,29)18-10-11-19(23)20(24)13-18/h2-11,13-14,25H,12H2,1H3. The zero-order chi connectivity index (χ0) is 21.5. The summed E-state index contributed by atoms with van der Waals surface area (Å²) in [5.41, 5.74) is 2.59. The second kappa shape index (κ2) is 7.53. The lowest BCUT2D eigenvalue weighted by atomic mass is 10.1. The van der Waals surface area contributed by atoms with Crippen LogP contribution in [0.3, 0.4) is 0 Å². The van der Waals surface area contributed by atoms with Gasteiger partial charge in [-0.3, -0.25) is 9.52 Å². The van der Waals surface area contributed by atoms with E-state index in [2.05, 4.69) is 4.72 Å². The van der Waals surface area contributed by atoms with Crippen molar-refractivity contribution in [2.45, 2.75) is 24.3 Å². The number of benzene rings is 3. The molecule has 3 aromatic carbocycles. The normalized spacial score (nSPS) is 15.7. The number of hydrogen-bond donors (Lipinski definition) is 1. The van der Waals surface area contributed by atoms with Crippen molar-refractivity contribution < 1.29 is 22.0 Å². The summed E-state index contributed by atoms with van der Waals surface area (Å²) < 4.78 is 53.5. The zero-order valence-corrected chi connectivity index (χ0v) is 16.8. The van der Waals surface area contributed by atoms with E-state index < -0.39 is 26.6 Å². The molecule has 0 bridgehead atoms. The third kappa shape index (κ3) is 3.66. The quantitative estimate of drug-likeness (QED) is 0.672. The SMILES string of the molecule is CC1Cc2ccccc2N1C(=O)c1ccc(NS(=O)(=O)c2ccc(F)c(F)c2)cc1. The number of fused-ring (bicyclic) bond motifs is 1. The monoisotopic (exact) mass is 428 g/mol. The van der Waals surface area contributed by atoms with Crippen LogP contribution in [0.5, 0.6) is 0 Å². The summed E-state index contributed by atoms with van der Waals surface area (Å²) in [7, 11) is -4.10. The molecule has 0 saturated carbocycles. The number of anilines is 2. The molecule has 154 valence electrons. The van der Waals surface area contributed by atoms with E-state index in [0.717, 1.165) is 29.8 Å². The molecule has 1 aliphatic heterocycles. The number of rotatable bonds is 4. The summed E-state index contributed by atoms with van der Waals surface area (Å²) in [5.74, 6) is -2.56. The van der Waals surface area contributed by atoms with E-state index in [-0.39, 0.29) is 17.6 Å². The second-order valence-electron chi connectivity index (χ2n) is 7.12. The Labute approximate surface area is 173 Å². The topological polar surface area (TPSA) is 66.5 Å². The summed E-state index contributed by atoms with van der Waals surface area (Å²) >= 11 is 0. The van der Waals surface area contributed by atoms with Crippen LogP contribution in [0, 0.1) is 11.6 Å². The average molecular weight is 428 g/mol. The van der Waals surface area contributed by atoms with Crippen molar-refractivity contribution in [1.82, 2.24) is 0 Å². The van der Waals surface area contributed by atoms with E-state index in [1.807, 2.05) is 31.2 Å². The van der Waals surface area contributed by atoms with Crippen molar-refractivity contribution in [1.29, 1.82) is 0 Å². The number of para-hydroxylation sites is 1. The minimum atomic E-state index is -4.10. The molecular formula is C22H18F2N2O3S. The molecule has 1 heterocycles. The van der Waals surface area contributed by atoms with Gasteiger partial charge in [-0.2, -0.15) is 0 Å². The van der Waals surface area contributed by atoms with Gasteiger partial charge in [0.1, 0.15) is 0 Å². The summed E-state index contributed by atoms with van der Waals surface area (Å²) in [6.45, 7) is 1.97. The molecule has 1 aliphatic rings. The van der Waals surface area contributed by atoms with Crippen LogP contribution in [0.1, 0.15) is 22.8 Å². The zero-order valence-electron chi connectivity index (χ0n) is 16.0. The molecule has 0 spiro atoms. The first-order valence-corrected chi connectivity index (χ1v) is 10.7. The van der Waals surface area contributed by atoms with Crippen molar-refractivity contribution in [3.8, 4) is 0 Å². The largest absolute Gasteiger partial charge is 0.305 e. The lowest BCUT2D eigenvalue weighted by molar-refractivity contribution is 0.0981. The third-order valence-corrected chi connectivity index (χ3v) is 6.39. The van der Waals surface area contributed by atoms with Crippen LogP contribution >= 0.6 is 0 Å². The predicted octanol–water partition coefficient (Wildman–Crippen LogP) is 4.36. The molecule has 4 rings (SSSR count). The minimum Gasteiger partial charge on any atom is -0.305 e. The number of carbonyl (C=O) groups excluding carboxylic acids is 1. The number of nitrogens with zero attached hydrogens (tertiary/aromatic N) is 1. The van der Waals surface area contributed by atoms with Crippen molar-refractivity contribution in [3.63, 3.8) is 0 Å². The first kappa shape index (κ1) is 20.0. The number of carbonyl (C=O) groups is 1. The molecule has 3 aromatic rings. The predicted molar refractivity (Wildman–Crippen MR) is 110 cm³/mol. The Hall–Kier alpha value is -3.26. The summed E-state index contributed by atoms with van der Waals surface area (Å²) in [5, 5.41) is 0. The minimum absolute atomic E-state index is 0.0152. The van der Waals surface area contributed by atoms with E-state index in [0.29, 0.717) is 11.6 Å². The maximum Gasteiger partial charge on any atom is 0.261 e. The van der Waals surface area contributed by atoms with E-state index >= 15 is 0 Å². The van der Waals surface area contributed by atoms with Gasteiger partial charge < -0.3 is 4.90 Å². The molecular weight excluding hydrogens is 410 g/mol. The van der Waals surface area contributed by atoms with Crippen molar-refractivity contribution in [2.24, 2.45) is 0 Å². The van der Waals surface area contributed by atoms with Gasteiger partial charge in [-0.1, -0.05) is 18.2 Å². The van der Waals surface area contributed by atoms with Gasteiger partial charge in [0.15, 0.2) is 11.6 Å². The third-order valence-electron chi connectivity index (χ3n) is 5.01. The molecule has 1 unspecified atom stereocenters. The smallest absolute Gasteiger partial charge is 0.261 e. The lowest BCUT2D eigenvalue weighted by Gasteiger charge is -2.23. The Balaban J connectivity index is 1.54. The summed E-state index contributed by atoms with van der Waals surface area (Å²) in [6, 6.07) is 16.0. The van der Waals surface area contributed by atoms with Crippen LogP contribution < -0.4 is 9.62 Å². The molecule has 0 fully saturated rings. The molecule has 8 heteroatoms. The molecule has 1 N–H and O–H groups in total. The molecule has 30 heavy (non-hydrogen) atoms. The van der Waals surface area contributed by atoms with Gasteiger partial charge in [-0.05, 0) is 67.4 Å². The van der Waals surface area contributed by atoms with Crippen LogP contribution in [0.2, 0.25) is 0 Å². The highest BCUT2D eigenvalue weighted by Crippen LogP contribution is 2.33. The highest BCUT2D eigenvalue weighted by molar-refractivity contribution is 7.92. The van der Waals surface area contributed by atoms with Crippen molar-refractivity contribution >= 4 is 27.3 Å². The number of halogens is 2. The van der Waals surface area contributed by atoms with Crippen LogP contribution in [0.15, 0.2) is 71.6 Å². The van der Waals surface area contributed by atoms with Crippen LogP contribution in [-0.2, 0) is 16.4 Å². The Morgan fingerprint density at radius 3 is 2.40 bits per heavy atom. The summed E-state index contributed by atoms with van der Waals surface area (Å²) in [4.78, 5) is 14.4. The Bertz CT molecular complexity index is 1230. The Morgan fingerprint density at radius 2 is 1.70 bits per heavy atom. The molecule has 5 nitrogen and oxygen atoms in total. The van der Waals surface area contributed by atoms with E-state index in [4.69, 9.17) is 0 Å². The van der Waals surface area contributed by atoms with Gasteiger partial charge in [-0.25, -0.2) is 17.2 Å². The molecule has 0 saturated heterocycles. The van der Waals surface area contributed by atoms with Gasteiger partial charge >= 0.3 is 0 Å². The van der Waals surface area contributed by atoms with Gasteiger partial charge in [0.2, 0.25) is 0 Å². The molecule has 1 amide bonds. The van der Waals surface area contributed by atoms with Crippen molar-refractivity contribution in [3.05, 3.63) is 89.5 Å². The van der Waals surface area contributed by atoms with Crippen LogP contribution in [-0.4, -0.2) is 20.4 Å². The van der Waals surface area contributed by atoms with E-state index in [9.17, 15) is 22.0 Å². The maximum atomic E-state index is 13.4. The van der Waals surface area contributed by atoms with Crippen molar-refractivity contribution in [2.75, 3.05) is 9.62 Å². The lowest BCUT2D eigenvalue weighted by Crippen LogP contribution is -2.35. The van der Waals surface area contributed by atoms with Crippen LogP contribution in [0.25, 0.3) is 0 Å². The molecule has 0 aliphatic carbocycles. The number of amides is 1. The van der Waals surface area contributed by atoms with Gasteiger partial charge in [0.25, 0.3) is 15.9 Å². The van der Waals surface area contributed by atoms with Gasteiger partial charge in [0, 0.05) is 23.0 Å². The van der Waals surface area contributed by atoms with E-state index in [1.165, 1.54) is 24.3 Å². The average Bonchev–Trinajstić information content (AvgIpc) is 3.05. The Morgan fingerprint density at radius 1 is 1.00 bits per heavy atom. The fourth-order valence-electron chi connectivity index (χ4n) is 3.55. The highest BCUT2D eigenvalue weighted by Gasteiger charge is 2.31. The van der Waals surface area contributed by atoms with Gasteiger partial charge in [0.05, 0.1) is 4.90 Å². The van der Waals surface area contributed by atoms with E-state index in [1.54, 1.807) is 4.90 Å². The molecule has 0 aromatic heterocycles. The number of nitrogens with one attached hydrogen (secondary N) is 1. The molecule has 0 radical (unpaired) electrons. The van der Waals surface area contributed by atoms with Gasteiger partial charge in [-0.15, -0.1) is 0 Å². The fraction of sp³-hybridized carbons (Fsp3) is 0.136. The summed E-state index contributed by atoms with van der Waals surface area (Å²) in [6.07, 6.45) is 0.772. The first-order valence-electron chi connectivity index (χ1n) is 9.25.